The van der Waals surface area contributed by atoms with Gasteiger partial charge in [-0.3, -0.25) is 9.59 Å². The summed E-state index contributed by atoms with van der Waals surface area (Å²) in [5, 5.41) is 9.52. The number of methoxy groups -OCH3 is 1. The van der Waals surface area contributed by atoms with Gasteiger partial charge in [0.15, 0.2) is 0 Å². The lowest BCUT2D eigenvalue weighted by atomic mass is 10.1. The van der Waals surface area contributed by atoms with Crippen molar-refractivity contribution >= 4 is 27.6 Å². The first-order valence-electron chi connectivity index (χ1n) is 9.57. The van der Waals surface area contributed by atoms with E-state index in [4.69, 9.17) is 4.74 Å². The summed E-state index contributed by atoms with van der Waals surface area (Å²) in [6.45, 7) is -0.217. The highest BCUT2D eigenvalue weighted by atomic mass is 32.2. The number of hydrogen-bond acceptors (Lipinski definition) is 7. The van der Waals surface area contributed by atoms with Crippen molar-refractivity contribution < 1.29 is 27.9 Å². The molecule has 166 valence electrons. The monoisotopic (exact) mass is 447 g/mol. The summed E-state index contributed by atoms with van der Waals surface area (Å²) < 4.78 is 32.9. The third-order valence-electron chi connectivity index (χ3n) is 4.98. The number of carbonyl (C=O) groups excluding carboxylic acids is 2. The van der Waals surface area contributed by atoms with Crippen LogP contribution in [0.3, 0.4) is 0 Å². The minimum Gasteiger partial charge on any atom is -0.508 e. The Morgan fingerprint density at radius 3 is 2.39 bits per heavy atom. The Labute approximate surface area is 181 Å². The highest BCUT2D eigenvalue weighted by molar-refractivity contribution is 7.89. The van der Waals surface area contributed by atoms with Crippen LogP contribution in [0.4, 0.5) is 5.69 Å². The SMILES string of the molecule is COC(=O)C1CN(C(=O)CN(C)C)c2ccccc2CN1S(=O)(=O)c1ccc(O)cc1. The van der Waals surface area contributed by atoms with Crippen molar-refractivity contribution in [3.63, 3.8) is 0 Å². The van der Waals surface area contributed by atoms with Gasteiger partial charge >= 0.3 is 5.97 Å². The average molecular weight is 448 g/mol. The number of hydrogen-bond donors (Lipinski definition) is 1. The van der Waals surface area contributed by atoms with Crippen LogP contribution < -0.4 is 4.90 Å². The maximum Gasteiger partial charge on any atom is 0.326 e. The van der Waals surface area contributed by atoms with E-state index in [0.29, 0.717) is 11.3 Å². The Hall–Kier alpha value is -2.95. The second-order valence-corrected chi connectivity index (χ2v) is 9.34. The first-order chi connectivity index (χ1) is 14.6. The molecule has 0 saturated heterocycles. The molecule has 2 aromatic carbocycles. The maximum atomic E-state index is 13.5. The molecule has 10 heteroatoms. The quantitative estimate of drug-likeness (QED) is 0.682. The predicted molar refractivity (Wildman–Crippen MR) is 114 cm³/mol. The number of rotatable bonds is 5. The number of amides is 1. The summed E-state index contributed by atoms with van der Waals surface area (Å²) in [7, 11) is 0.532. The number of para-hydroxylation sites is 1. The van der Waals surface area contributed by atoms with Crippen molar-refractivity contribution in [2.45, 2.75) is 17.5 Å². The molecule has 0 saturated carbocycles. The van der Waals surface area contributed by atoms with Crippen LogP contribution >= 0.6 is 0 Å². The number of ether oxygens (including phenoxy) is 1. The molecule has 1 N–H and O–H groups in total. The third kappa shape index (κ3) is 4.71. The normalized spacial score (nSPS) is 17.2. The Bertz CT molecular complexity index is 1070. The van der Waals surface area contributed by atoms with E-state index in [9.17, 15) is 23.1 Å². The number of fused-ring (bicyclic) bond motifs is 1. The highest BCUT2D eigenvalue weighted by Crippen LogP contribution is 2.32. The molecule has 1 atom stereocenters. The fourth-order valence-corrected chi connectivity index (χ4v) is 5.02. The predicted octanol–water partition coefficient (Wildman–Crippen LogP) is 1.03. The van der Waals surface area contributed by atoms with Crippen LogP contribution in [-0.2, 0) is 30.9 Å². The van der Waals surface area contributed by atoms with Crippen molar-refractivity contribution in [1.29, 1.82) is 0 Å². The lowest BCUT2D eigenvalue weighted by Gasteiger charge is -2.29. The molecule has 2 aromatic rings. The summed E-state index contributed by atoms with van der Waals surface area (Å²) >= 11 is 0. The molecule has 1 aliphatic rings. The molecule has 1 heterocycles. The first-order valence-corrected chi connectivity index (χ1v) is 11.0. The first kappa shape index (κ1) is 22.7. The Morgan fingerprint density at radius 1 is 1.13 bits per heavy atom. The molecule has 1 unspecified atom stereocenters. The zero-order valence-corrected chi connectivity index (χ0v) is 18.4. The van der Waals surface area contributed by atoms with Gasteiger partial charge in [-0.15, -0.1) is 0 Å². The summed E-state index contributed by atoms with van der Waals surface area (Å²) in [6, 6.07) is 10.8. The average Bonchev–Trinajstić information content (AvgIpc) is 2.91. The maximum absolute atomic E-state index is 13.5. The van der Waals surface area contributed by atoms with Gasteiger partial charge in [-0.2, -0.15) is 4.31 Å². The molecule has 0 bridgehead atoms. The largest absolute Gasteiger partial charge is 0.508 e. The van der Waals surface area contributed by atoms with Crippen molar-refractivity contribution in [1.82, 2.24) is 9.21 Å². The van der Waals surface area contributed by atoms with Gasteiger partial charge in [0.1, 0.15) is 11.8 Å². The smallest absolute Gasteiger partial charge is 0.326 e. The number of benzene rings is 2. The second kappa shape index (κ2) is 9.04. The summed E-state index contributed by atoms with van der Waals surface area (Å²) in [6.07, 6.45) is 0. The van der Waals surface area contributed by atoms with Crippen LogP contribution in [0.2, 0.25) is 0 Å². The van der Waals surface area contributed by atoms with Crippen molar-refractivity contribution in [2.24, 2.45) is 0 Å². The molecule has 1 aliphatic heterocycles. The standard InChI is InChI=1S/C21H25N3O6S/c1-22(2)14-20(26)23-13-19(21(27)30-3)24(12-15-6-4-5-7-18(15)23)31(28,29)17-10-8-16(25)9-11-17/h4-11,19,25H,12-14H2,1-3H3. The van der Waals surface area contributed by atoms with Gasteiger partial charge in [0.2, 0.25) is 15.9 Å². The molecule has 0 aliphatic carbocycles. The molecule has 1 amide bonds. The van der Waals surface area contributed by atoms with E-state index >= 15 is 0 Å². The molecular formula is C21H25N3O6S. The van der Waals surface area contributed by atoms with Crippen LogP contribution in [-0.4, -0.2) is 74.9 Å². The Morgan fingerprint density at radius 2 is 1.77 bits per heavy atom. The molecule has 31 heavy (non-hydrogen) atoms. The zero-order chi connectivity index (χ0) is 22.8. The van der Waals surface area contributed by atoms with E-state index in [0.717, 1.165) is 4.31 Å². The van der Waals surface area contributed by atoms with Crippen LogP contribution in [0.5, 0.6) is 5.75 Å². The molecule has 9 nitrogen and oxygen atoms in total. The van der Waals surface area contributed by atoms with Gasteiger partial charge < -0.3 is 19.6 Å². The van der Waals surface area contributed by atoms with E-state index in [2.05, 4.69) is 0 Å². The molecule has 0 radical (unpaired) electrons. The van der Waals surface area contributed by atoms with E-state index in [-0.39, 0.29) is 36.2 Å². The van der Waals surface area contributed by atoms with Crippen molar-refractivity contribution in [3.05, 3.63) is 54.1 Å². The topological polar surface area (TPSA) is 107 Å². The lowest BCUT2D eigenvalue weighted by Crippen LogP contribution is -2.51. The summed E-state index contributed by atoms with van der Waals surface area (Å²) in [5.74, 6) is -1.11. The van der Waals surface area contributed by atoms with Gasteiger partial charge in [-0.05, 0) is 50.0 Å². The number of phenols is 1. The van der Waals surface area contributed by atoms with Gasteiger partial charge in [0, 0.05) is 12.2 Å². The van der Waals surface area contributed by atoms with Crippen LogP contribution in [0.25, 0.3) is 0 Å². The van der Waals surface area contributed by atoms with E-state index < -0.39 is 22.0 Å². The van der Waals surface area contributed by atoms with Crippen LogP contribution in [0.1, 0.15) is 5.56 Å². The number of aromatic hydroxyl groups is 1. The fourth-order valence-electron chi connectivity index (χ4n) is 3.47. The zero-order valence-electron chi connectivity index (χ0n) is 17.6. The number of nitrogens with zero attached hydrogens (tertiary/aromatic N) is 3. The molecule has 0 spiro atoms. The van der Waals surface area contributed by atoms with Gasteiger partial charge in [-0.25, -0.2) is 8.42 Å². The van der Waals surface area contributed by atoms with E-state index in [1.165, 1.54) is 36.3 Å². The van der Waals surface area contributed by atoms with E-state index in [1.54, 1.807) is 43.3 Å². The third-order valence-corrected chi connectivity index (χ3v) is 6.85. The van der Waals surface area contributed by atoms with Crippen LogP contribution in [0.15, 0.2) is 53.4 Å². The minimum atomic E-state index is -4.15. The molecular weight excluding hydrogens is 422 g/mol. The van der Waals surface area contributed by atoms with Gasteiger partial charge in [-0.1, -0.05) is 18.2 Å². The van der Waals surface area contributed by atoms with Gasteiger partial charge in [0.25, 0.3) is 0 Å². The van der Waals surface area contributed by atoms with Gasteiger partial charge in [0.05, 0.1) is 25.1 Å². The number of carbonyl (C=O) groups is 2. The number of esters is 1. The number of sulfonamides is 1. The molecule has 0 fully saturated rings. The molecule has 0 aromatic heterocycles. The van der Waals surface area contributed by atoms with E-state index in [1.807, 2.05) is 0 Å². The summed E-state index contributed by atoms with van der Waals surface area (Å²) in [4.78, 5) is 28.7. The number of phenolic OH excluding ortho intramolecular Hbond substituents is 1. The minimum absolute atomic E-state index is 0.0786. The van der Waals surface area contributed by atoms with Crippen molar-refractivity contribution in [3.8, 4) is 5.75 Å². The number of anilines is 1. The summed E-state index contributed by atoms with van der Waals surface area (Å²) in [5.41, 5.74) is 1.13. The number of likely N-dealkylation sites (N-methyl/N-ethyl adjacent to an activating group) is 1. The van der Waals surface area contributed by atoms with Crippen LogP contribution in [0, 0.1) is 0 Å². The highest BCUT2D eigenvalue weighted by Gasteiger charge is 2.42. The Kier molecular flexibility index (Phi) is 6.63. The Balaban J connectivity index is 2.13. The second-order valence-electron chi connectivity index (χ2n) is 7.45. The van der Waals surface area contributed by atoms with Crippen molar-refractivity contribution in [2.75, 3.05) is 39.2 Å². The molecule has 3 rings (SSSR count). The lowest BCUT2D eigenvalue weighted by molar-refractivity contribution is -0.145. The fraction of sp³-hybridized carbons (Fsp3) is 0.333.